The van der Waals surface area contributed by atoms with Crippen LogP contribution in [0.25, 0.3) is 0 Å². The van der Waals surface area contributed by atoms with Crippen molar-refractivity contribution in [2.24, 2.45) is 7.05 Å². The highest BCUT2D eigenvalue weighted by molar-refractivity contribution is 5.14. The van der Waals surface area contributed by atoms with Crippen LogP contribution in [0.3, 0.4) is 0 Å². The molecule has 0 aliphatic carbocycles. The Labute approximate surface area is 120 Å². The molecule has 0 aromatic carbocycles. The van der Waals surface area contributed by atoms with Crippen molar-refractivity contribution >= 4 is 0 Å². The molecular formula is C16H33N3. The maximum absolute atomic E-state index is 4.39. The quantitative estimate of drug-likeness (QED) is 0.773. The first-order chi connectivity index (χ1) is 9.06. The van der Waals surface area contributed by atoms with Gasteiger partial charge in [-0.15, -0.1) is 0 Å². The summed E-state index contributed by atoms with van der Waals surface area (Å²) >= 11 is 0. The SMILES string of the molecule is CC.CCc1nc(C)n(C)c1C.CN1CCCCC1. The molecule has 2 heterocycles. The van der Waals surface area contributed by atoms with Crippen molar-refractivity contribution in [2.75, 3.05) is 20.1 Å². The molecule has 1 aromatic rings. The summed E-state index contributed by atoms with van der Waals surface area (Å²) in [7, 11) is 4.25. The molecule has 1 fully saturated rings. The van der Waals surface area contributed by atoms with Crippen LogP contribution in [0, 0.1) is 13.8 Å². The number of nitrogens with zero attached hydrogens (tertiary/aromatic N) is 3. The lowest BCUT2D eigenvalue weighted by molar-refractivity contribution is 0.277. The zero-order valence-electron chi connectivity index (χ0n) is 14.1. The topological polar surface area (TPSA) is 21.1 Å². The summed E-state index contributed by atoms with van der Waals surface area (Å²) in [6.45, 7) is 12.9. The van der Waals surface area contributed by atoms with Gasteiger partial charge in [-0.25, -0.2) is 4.98 Å². The summed E-state index contributed by atoms with van der Waals surface area (Å²) < 4.78 is 2.12. The van der Waals surface area contributed by atoms with E-state index < -0.39 is 0 Å². The van der Waals surface area contributed by atoms with Crippen molar-refractivity contribution in [3.8, 4) is 0 Å². The number of piperidine rings is 1. The lowest BCUT2D eigenvalue weighted by Crippen LogP contribution is -2.24. The summed E-state index contributed by atoms with van der Waals surface area (Å²) in [5.41, 5.74) is 2.51. The zero-order chi connectivity index (χ0) is 14.8. The van der Waals surface area contributed by atoms with Crippen LogP contribution < -0.4 is 0 Å². The predicted molar refractivity (Wildman–Crippen MR) is 84.8 cm³/mol. The van der Waals surface area contributed by atoms with Gasteiger partial charge in [-0.05, 0) is 53.2 Å². The molecule has 0 unspecified atom stereocenters. The molecule has 112 valence electrons. The molecule has 3 nitrogen and oxygen atoms in total. The summed E-state index contributed by atoms with van der Waals surface area (Å²) in [4.78, 5) is 6.78. The van der Waals surface area contributed by atoms with E-state index in [1.807, 2.05) is 20.8 Å². The summed E-state index contributed by atoms with van der Waals surface area (Å²) in [6, 6.07) is 0. The first-order valence-electron chi connectivity index (χ1n) is 7.73. The smallest absolute Gasteiger partial charge is 0.105 e. The summed E-state index contributed by atoms with van der Waals surface area (Å²) in [5, 5.41) is 0. The number of aryl methyl sites for hydroxylation is 2. The Morgan fingerprint density at radius 1 is 1.00 bits per heavy atom. The molecule has 0 amide bonds. The molecule has 0 saturated carbocycles. The number of rotatable bonds is 1. The molecule has 0 bridgehead atoms. The number of likely N-dealkylation sites (tertiary alicyclic amines) is 1. The molecule has 1 aliphatic heterocycles. The van der Waals surface area contributed by atoms with E-state index in [4.69, 9.17) is 0 Å². The highest BCUT2D eigenvalue weighted by Gasteiger charge is 2.04. The molecule has 19 heavy (non-hydrogen) atoms. The number of imidazole rings is 1. The van der Waals surface area contributed by atoms with Gasteiger partial charge in [0.15, 0.2) is 0 Å². The van der Waals surface area contributed by atoms with Gasteiger partial charge in [0.05, 0.1) is 5.69 Å². The Bertz CT molecular complexity index is 336. The number of hydrogen-bond donors (Lipinski definition) is 0. The maximum atomic E-state index is 4.39. The van der Waals surface area contributed by atoms with Crippen LogP contribution in [0.4, 0.5) is 0 Å². The van der Waals surface area contributed by atoms with Gasteiger partial charge >= 0.3 is 0 Å². The van der Waals surface area contributed by atoms with Gasteiger partial charge in [0.1, 0.15) is 5.82 Å². The Morgan fingerprint density at radius 3 is 1.74 bits per heavy atom. The Balaban J connectivity index is 0.000000316. The molecule has 1 aliphatic rings. The predicted octanol–water partition coefficient (Wildman–Crippen LogP) is 3.73. The molecule has 2 rings (SSSR count). The van der Waals surface area contributed by atoms with E-state index in [2.05, 4.69) is 42.4 Å². The minimum atomic E-state index is 1.04. The highest BCUT2D eigenvalue weighted by Crippen LogP contribution is 2.08. The average Bonchev–Trinajstić information content (AvgIpc) is 2.70. The van der Waals surface area contributed by atoms with Crippen LogP contribution in [-0.2, 0) is 13.5 Å². The van der Waals surface area contributed by atoms with Gasteiger partial charge in [-0.3, -0.25) is 0 Å². The molecule has 0 spiro atoms. The van der Waals surface area contributed by atoms with E-state index in [1.165, 1.54) is 43.7 Å². The lowest BCUT2D eigenvalue weighted by atomic mass is 10.1. The monoisotopic (exact) mass is 267 g/mol. The second-order valence-electron chi connectivity index (χ2n) is 4.97. The standard InChI is InChI=1S/C8H14N2.C6H13N.C2H6/c1-5-8-6(2)10(4)7(3)9-8;1-7-5-3-2-4-6-7;1-2/h5H2,1-4H3;2-6H2,1H3;1-2H3. The molecule has 0 N–H and O–H groups in total. The Morgan fingerprint density at radius 2 is 1.53 bits per heavy atom. The van der Waals surface area contributed by atoms with Crippen molar-refractivity contribution in [2.45, 2.75) is 60.3 Å². The van der Waals surface area contributed by atoms with E-state index in [0.717, 1.165) is 12.2 Å². The van der Waals surface area contributed by atoms with Crippen LogP contribution in [0.2, 0.25) is 0 Å². The fourth-order valence-corrected chi connectivity index (χ4v) is 2.17. The third-order valence-corrected chi connectivity index (χ3v) is 3.62. The van der Waals surface area contributed by atoms with E-state index in [9.17, 15) is 0 Å². The first-order valence-corrected chi connectivity index (χ1v) is 7.73. The molecule has 1 aromatic heterocycles. The van der Waals surface area contributed by atoms with Gasteiger partial charge in [0.2, 0.25) is 0 Å². The molecular weight excluding hydrogens is 234 g/mol. The second kappa shape index (κ2) is 10.0. The van der Waals surface area contributed by atoms with Gasteiger partial charge in [-0.2, -0.15) is 0 Å². The van der Waals surface area contributed by atoms with Crippen LogP contribution in [0.1, 0.15) is 57.2 Å². The average molecular weight is 267 g/mol. The normalized spacial score (nSPS) is 15.1. The fraction of sp³-hybridized carbons (Fsp3) is 0.812. The first kappa shape index (κ1) is 18.2. The van der Waals surface area contributed by atoms with Crippen LogP contribution >= 0.6 is 0 Å². The minimum Gasteiger partial charge on any atom is -0.335 e. The molecule has 0 atom stereocenters. The lowest BCUT2D eigenvalue weighted by Gasteiger charge is -2.20. The van der Waals surface area contributed by atoms with Crippen molar-refractivity contribution in [3.05, 3.63) is 17.2 Å². The van der Waals surface area contributed by atoms with Crippen molar-refractivity contribution < 1.29 is 0 Å². The van der Waals surface area contributed by atoms with E-state index in [-0.39, 0.29) is 0 Å². The van der Waals surface area contributed by atoms with Crippen molar-refractivity contribution in [1.29, 1.82) is 0 Å². The third-order valence-electron chi connectivity index (χ3n) is 3.62. The molecule has 1 saturated heterocycles. The minimum absolute atomic E-state index is 1.04. The largest absolute Gasteiger partial charge is 0.335 e. The molecule has 3 heteroatoms. The number of aromatic nitrogens is 2. The van der Waals surface area contributed by atoms with Crippen LogP contribution in [0.15, 0.2) is 0 Å². The van der Waals surface area contributed by atoms with Crippen molar-refractivity contribution in [1.82, 2.24) is 14.5 Å². The Hall–Kier alpha value is -0.830. The molecule has 0 radical (unpaired) electrons. The van der Waals surface area contributed by atoms with Gasteiger partial charge in [0, 0.05) is 12.7 Å². The zero-order valence-corrected chi connectivity index (χ0v) is 14.1. The van der Waals surface area contributed by atoms with E-state index in [1.54, 1.807) is 0 Å². The fourth-order valence-electron chi connectivity index (χ4n) is 2.17. The third kappa shape index (κ3) is 6.24. The summed E-state index contributed by atoms with van der Waals surface area (Å²) in [6.07, 6.45) is 5.31. The highest BCUT2D eigenvalue weighted by atomic mass is 15.1. The van der Waals surface area contributed by atoms with Crippen LogP contribution in [0.5, 0.6) is 0 Å². The Kier molecular flexibility index (Phi) is 9.58. The second-order valence-corrected chi connectivity index (χ2v) is 4.97. The van der Waals surface area contributed by atoms with Gasteiger partial charge < -0.3 is 9.47 Å². The van der Waals surface area contributed by atoms with Crippen LogP contribution in [-0.4, -0.2) is 34.6 Å². The van der Waals surface area contributed by atoms with E-state index in [0.29, 0.717) is 0 Å². The number of hydrogen-bond acceptors (Lipinski definition) is 2. The van der Waals surface area contributed by atoms with Gasteiger partial charge in [-0.1, -0.05) is 27.2 Å². The van der Waals surface area contributed by atoms with Gasteiger partial charge in [0.25, 0.3) is 0 Å². The summed E-state index contributed by atoms with van der Waals surface area (Å²) in [5.74, 6) is 1.11. The van der Waals surface area contributed by atoms with Crippen molar-refractivity contribution in [3.63, 3.8) is 0 Å². The maximum Gasteiger partial charge on any atom is 0.105 e. The van der Waals surface area contributed by atoms with E-state index >= 15 is 0 Å².